The Labute approximate surface area is 145 Å². The molecule has 0 atom stereocenters. The van der Waals surface area contributed by atoms with Gasteiger partial charge in [-0.1, -0.05) is 48.0 Å². The SMILES string of the molecule is Cc1c(Cl)cccc1NC(=O)CCC(=O)N/N=C/c1ccccc1. The van der Waals surface area contributed by atoms with E-state index in [-0.39, 0.29) is 24.7 Å². The minimum atomic E-state index is -0.319. The van der Waals surface area contributed by atoms with Crippen molar-refractivity contribution in [2.24, 2.45) is 5.10 Å². The van der Waals surface area contributed by atoms with Crippen molar-refractivity contribution in [1.82, 2.24) is 5.43 Å². The number of hydrazone groups is 1. The number of halogens is 1. The fourth-order valence-electron chi connectivity index (χ4n) is 1.96. The number of nitrogens with zero attached hydrogens (tertiary/aromatic N) is 1. The normalized spacial score (nSPS) is 10.6. The Bertz CT molecular complexity index is 745. The summed E-state index contributed by atoms with van der Waals surface area (Å²) in [5.74, 6) is -0.567. The van der Waals surface area contributed by atoms with E-state index >= 15 is 0 Å². The van der Waals surface area contributed by atoms with E-state index in [2.05, 4.69) is 15.8 Å². The van der Waals surface area contributed by atoms with Gasteiger partial charge in [0.2, 0.25) is 11.8 Å². The molecule has 2 aromatic carbocycles. The molecule has 2 N–H and O–H groups in total. The van der Waals surface area contributed by atoms with Crippen LogP contribution in [0.15, 0.2) is 53.6 Å². The first-order valence-electron chi connectivity index (χ1n) is 7.48. The predicted octanol–water partition coefficient (Wildman–Crippen LogP) is 3.52. The first-order chi connectivity index (χ1) is 11.6. The summed E-state index contributed by atoms with van der Waals surface area (Å²) in [5.41, 5.74) is 4.73. The first-order valence-corrected chi connectivity index (χ1v) is 7.86. The topological polar surface area (TPSA) is 70.6 Å². The molecule has 0 saturated carbocycles. The lowest BCUT2D eigenvalue weighted by Crippen LogP contribution is -2.20. The molecule has 0 heterocycles. The number of hydrogen-bond donors (Lipinski definition) is 2. The van der Waals surface area contributed by atoms with Crippen LogP contribution in [0.3, 0.4) is 0 Å². The minimum Gasteiger partial charge on any atom is -0.326 e. The molecule has 24 heavy (non-hydrogen) atoms. The summed E-state index contributed by atoms with van der Waals surface area (Å²) in [7, 11) is 0. The summed E-state index contributed by atoms with van der Waals surface area (Å²) in [5, 5.41) is 7.19. The number of carbonyl (C=O) groups excluding carboxylic acids is 2. The number of rotatable bonds is 6. The second kappa shape index (κ2) is 8.84. The number of nitrogens with one attached hydrogen (secondary N) is 2. The van der Waals surface area contributed by atoms with Crippen molar-refractivity contribution in [2.45, 2.75) is 19.8 Å². The average Bonchev–Trinajstić information content (AvgIpc) is 2.58. The predicted molar refractivity (Wildman–Crippen MR) is 96.2 cm³/mol. The highest BCUT2D eigenvalue weighted by Gasteiger charge is 2.09. The summed E-state index contributed by atoms with van der Waals surface area (Å²) in [6, 6.07) is 14.7. The van der Waals surface area contributed by atoms with Gasteiger partial charge in [-0.2, -0.15) is 5.10 Å². The zero-order valence-electron chi connectivity index (χ0n) is 13.3. The third-order valence-electron chi connectivity index (χ3n) is 3.32. The molecule has 0 unspecified atom stereocenters. The Morgan fingerprint density at radius 1 is 1.04 bits per heavy atom. The molecule has 5 nitrogen and oxygen atoms in total. The highest BCUT2D eigenvalue weighted by atomic mass is 35.5. The molecule has 0 aliphatic heterocycles. The van der Waals surface area contributed by atoms with Gasteiger partial charge >= 0.3 is 0 Å². The van der Waals surface area contributed by atoms with E-state index in [1.54, 1.807) is 24.4 Å². The van der Waals surface area contributed by atoms with Gasteiger partial charge in [0.1, 0.15) is 0 Å². The first kappa shape index (κ1) is 17.7. The number of amides is 2. The highest BCUT2D eigenvalue weighted by molar-refractivity contribution is 6.31. The number of benzene rings is 2. The number of hydrogen-bond acceptors (Lipinski definition) is 3. The summed E-state index contributed by atoms with van der Waals surface area (Å²) >= 11 is 6.00. The Kier molecular flexibility index (Phi) is 6.51. The van der Waals surface area contributed by atoms with Gasteiger partial charge in [0, 0.05) is 23.6 Å². The zero-order valence-corrected chi connectivity index (χ0v) is 14.0. The molecule has 0 saturated heterocycles. The molecule has 124 valence electrons. The van der Waals surface area contributed by atoms with Gasteiger partial charge in [-0.3, -0.25) is 9.59 Å². The van der Waals surface area contributed by atoms with Crippen molar-refractivity contribution in [1.29, 1.82) is 0 Å². The van der Waals surface area contributed by atoms with E-state index < -0.39 is 0 Å². The van der Waals surface area contributed by atoms with Crippen LogP contribution in [0.5, 0.6) is 0 Å². The monoisotopic (exact) mass is 343 g/mol. The van der Waals surface area contributed by atoms with Crippen molar-refractivity contribution >= 4 is 35.3 Å². The van der Waals surface area contributed by atoms with Gasteiger partial charge in [-0.25, -0.2) is 5.43 Å². The van der Waals surface area contributed by atoms with Gasteiger partial charge in [0.05, 0.1) is 6.21 Å². The molecule has 2 rings (SSSR count). The van der Waals surface area contributed by atoms with Crippen LogP contribution in [0.2, 0.25) is 5.02 Å². The Hall–Kier alpha value is -2.66. The molecule has 0 aliphatic rings. The highest BCUT2D eigenvalue weighted by Crippen LogP contribution is 2.23. The third kappa shape index (κ3) is 5.52. The van der Waals surface area contributed by atoms with Crippen LogP contribution in [0.1, 0.15) is 24.0 Å². The molecule has 2 aromatic rings. The summed E-state index contributed by atoms with van der Waals surface area (Å²) in [6.45, 7) is 1.82. The summed E-state index contributed by atoms with van der Waals surface area (Å²) < 4.78 is 0. The van der Waals surface area contributed by atoms with E-state index in [0.29, 0.717) is 10.7 Å². The fourth-order valence-corrected chi connectivity index (χ4v) is 2.13. The van der Waals surface area contributed by atoms with Crippen molar-refractivity contribution < 1.29 is 9.59 Å². The molecule has 0 spiro atoms. The van der Waals surface area contributed by atoms with Gasteiger partial charge < -0.3 is 5.32 Å². The largest absolute Gasteiger partial charge is 0.326 e. The zero-order chi connectivity index (χ0) is 17.4. The number of anilines is 1. The maximum Gasteiger partial charge on any atom is 0.240 e. The second-order valence-electron chi connectivity index (χ2n) is 5.16. The summed E-state index contributed by atoms with van der Waals surface area (Å²) in [6.07, 6.45) is 1.67. The Morgan fingerprint density at radius 3 is 2.50 bits per heavy atom. The Balaban J connectivity index is 1.76. The van der Waals surface area contributed by atoms with Gasteiger partial charge in [-0.15, -0.1) is 0 Å². The van der Waals surface area contributed by atoms with Gasteiger partial charge in [0.15, 0.2) is 0 Å². The Morgan fingerprint density at radius 2 is 1.75 bits per heavy atom. The molecule has 6 heteroatoms. The number of carbonyl (C=O) groups is 2. The lowest BCUT2D eigenvalue weighted by molar-refractivity contribution is -0.124. The van der Waals surface area contributed by atoms with Crippen LogP contribution in [0.4, 0.5) is 5.69 Å². The molecule has 2 amide bonds. The van der Waals surface area contributed by atoms with Crippen LogP contribution >= 0.6 is 11.6 Å². The third-order valence-corrected chi connectivity index (χ3v) is 3.73. The van der Waals surface area contributed by atoms with Crippen molar-refractivity contribution in [3.05, 3.63) is 64.7 Å². The van der Waals surface area contributed by atoms with E-state index in [1.807, 2.05) is 37.3 Å². The smallest absolute Gasteiger partial charge is 0.240 e. The maximum atomic E-state index is 11.9. The van der Waals surface area contributed by atoms with Crippen LogP contribution < -0.4 is 10.7 Å². The molecule has 0 radical (unpaired) electrons. The van der Waals surface area contributed by atoms with Crippen LogP contribution in [0.25, 0.3) is 0 Å². The van der Waals surface area contributed by atoms with Crippen molar-refractivity contribution in [2.75, 3.05) is 5.32 Å². The quantitative estimate of drug-likeness (QED) is 0.622. The van der Waals surface area contributed by atoms with Gasteiger partial charge in [-0.05, 0) is 30.2 Å². The molecule has 0 fully saturated rings. The van der Waals surface area contributed by atoms with E-state index in [1.165, 1.54) is 0 Å². The minimum absolute atomic E-state index is 0.0532. The molecule has 0 aliphatic carbocycles. The molecular formula is C18H18ClN3O2. The maximum absolute atomic E-state index is 11.9. The fraction of sp³-hybridized carbons (Fsp3) is 0.167. The lowest BCUT2D eigenvalue weighted by Gasteiger charge is -2.09. The van der Waals surface area contributed by atoms with E-state index in [9.17, 15) is 9.59 Å². The van der Waals surface area contributed by atoms with Crippen LogP contribution in [-0.4, -0.2) is 18.0 Å². The lowest BCUT2D eigenvalue weighted by atomic mass is 10.2. The molecule has 0 bridgehead atoms. The second-order valence-corrected chi connectivity index (χ2v) is 5.57. The summed E-state index contributed by atoms with van der Waals surface area (Å²) in [4.78, 5) is 23.6. The average molecular weight is 344 g/mol. The van der Waals surface area contributed by atoms with Crippen LogP contribution in [0, 0.1) is 6.92 Å². The van der Waals surface area contributed by atoms with E-state index in [4.69, 9.17) is 11.6 Å². The van der Waals surface area contributed by atoms with Crippen LogP contribution in [-0.2, 0) is 9.59 Å². The van der Waals surface area contributed by atoms with Crippen molar-refractivity contribution in [3.63, 3.8) is 0 Å². The standard InChI is InChI=1S/C18H18ClN3O2/c1-13-15(19)8-5-9-16(13)21-17(23)10-11-18(24)22-20-12-14-6-3-2-4-7-14/h2-9,12H,10-11H2,1H3,(H,21,23)(H,22,24)/b20-12+. The molecule has 0 aromatic heterocycles. The van der Waals surface area contributed by atoms with E-state index in [0.717, 1.165) is 11.1 Å². The van der Waals surface area contributed by atoms with Crippen molar-refractivity contribution in [3.8, 4) is 0 Å². The molecular weight excluding hydrogens is 326 g/mol. The van der Waals surface area contributed by atoms with Gasteiger partial charge in [0.25, 0.3) is 0 Å².